The molecule has 1 aliphatic carbocycles. The van der Waals surface area contributed by atoms with E-state index in [1.807, 2.05) is 0 Å². The van der Waals surface area contributed by atoms with Gasteiger partial charge in [0, 0.05) is 4.88 Å². The van der Waals surface area contributed by atoms with Crippen molar-refractivity contribution in [1.82, 2.24) is 4.72 Å². The van der Waals surface area contributed by atoms with Crippen LogP contribution in [0.4, 0.5) is 5.00 Å². The number of amides is 1. The van der Waals surface area contributed by atoms with Crippen molar-refractivity contribution in [1.29, 1.82) is 5.26 Å². The summed E-state index contributed by atoms with van der Waals surface area (Å²) in [7, 11) is -3.93. The molecule has 1 atom stereocenters. The van der Waals surface area contributed by atoms with Crippen molar-refractivity contribution in [2.75, 3.05) is 11.9 Å². The lowest BCUT2D eigenvalue weighted by molar-refractivity contribution is -0.150. The number of hydrogen-bond donors (Lipinski definition) is 2. The summed E-state index contributed by atoms with van der Waals surface area (Å²) in [5, 5.41) is 12.6. The van der Waals surface area contributed by atoms with Crippen molar-refractivity contribution in [3.63, 3.8) is 0 Å². The number of aryl methyl sites for hydroxylation is 1. The second-order valence-electron chi connectivity index (χ2n) is 7.84. The van der Waals surface area contributed by atoms with Crippen LogP contribution in [-0.2, 0) is 37.2 Å². The van der Waals surface area contributed by atoms with Crippen LogP contribution < -0.4 is 10.0 Å². The Hall–Kier alpha value is -2.74. The molecule has 0 bridgehead atoms. The SMILES string of the molecule is CC(C)C(NS(=O)(=O)c1ccccc1)C(=O)OCC(=O)Nc1sc2c(c1C#N)CCCC2. The third-order valence-corrected chi connectivity index (χ3v) is 7.80. The van der Waals surface area contributed by atoms with Crippen LogP contribution in [0, 0.1) is 17.2 Å². The van der Waals surface area contributed by atoms with Crippen LogP contribution in [0.15, 0.2) is 35.2 Å². The van der Waals surface area contributed by atoms with Gasteiger partial charge in [0.2, 0.25) is 10.0 Å². The quantitative estimate of drug-likeness (QED) is 0.566. The summed E-state index contributed by atoms with van der Waals surface area (Å²) < 4.78 is 32.6. The van der Waals surface area contributed by atoms with Crippen molar-refractivity contribution in [2.45, 2.75) is 50.5 Å². The zero-order valence-electron chi connectivity index (χ0n) is 17.9. The van der Waals surface area contributed by atoms with E-state index in [9.17, 15) is 23.3 Å². The van der Waals surface area contributed by atoms with Crippen LogP contribution >= 0.6 is 11.3 Å². The largest absolute Gasteiger partial charge is 0.454 e. The highest BCUT2D eigenvalue weighted by molar-refractivity contribution is 7.89. The maximum Gasteiger partial charge on any atom is 0.324 e. The average Bonchev–Trinajstić information content (AvgIpc) is 3.13. The van der Waals surface area contributed by atoms with E-state index in [1.165, 1.54) is 23.5 Å². The monoisotopic (exact) mass is 475 g/mol. The number of carbonyl (C=O) groups excluding carboxylic acids is 2. The molecule has 0 saturated heterocycles. The van der Waals surface area contributed by atoms with E-state index in [0.29, 0.717) is 10.6 Å². The van der Waals surface area contributed by atoms with Crippen molar-refractivity contribution in [3.05, 3.63) is 46.3 Å². The van der Waals surface area contributed by atoms with Crippen molar-refractivity contribution >= 4 is 38.2 Å². The molecule has 1 heterocycles. The standard InChI is InChI=1S/C22H25N3O5S2/c1-14(2)20(25-32(28,29)15-8-4-3-5-9-15)22(27)30-13-19(26)24-21-17(12-23)16-10-6-7-11-18(16)31-21/h3-5,8-9,14,20,25H,6-7,10-11,13H2,1-2H3,(H,24,26). The van der Waals surface area contributed by atoms with Gasteiger partial charge in [0.15, 0.2) is 6.61 Å². The lowest BCUT2D eigenvalue weighted by Gasteiger charge is -2.20. The molecule has 1 unspecified atom stereocenters. The smallest absolute Gasteiger partial charge is 0.324 e. The zero-order valence-corrected chi connectivity index (χ0v) is 19.5. The number of esters is 1. The molecule has 2 aromatic rings. The highest BCUT2D eigenvalue weighted by Gasteiger charge is 2.30. The zero-order chi connectivity index (χ0) is 23.3. The second-order valence-corrected chi connectivity index (χ2v) is 10.7. The van der Waals surface area contributed by atoms with Crippen LogP contribution in [0.3, 0.4) is 0 Å². The lowest BCUT2D eigenvalue weighted by atomic mass is 9.96. The Morgan fingerprint density at radius 3 is 2.53 bits per heavy atom. The van der Waals surface area contributed by atoms with E-state index in [1.54, 1.807) is 32.0 Å². The van der Waals surface area contributed by atoms with Crippen LogP contribution in [0.2, 0.25) is 0 Å². The van der Waals surface area contributed by atoms with E-state index < -0.39 is 40.5 Å². The van der Waals surface area contributed by atoms with E-state index >= 15 is 0 Å². The van der Waals surface area contributed by atoms with Crippen LogP contribution in [-0.4, -0.2) is 32.9 Å². The highest BCUT2D eigenvalue weighted by Crippen LogP contribution is 2.37. The Labute approximate surface area is 191 Å². The van der Waals surface area contributed by atoms with Gasteiger partial charge in [0.1, 0.15) is 17.1 Å². The number of sulfonamides is 1. The molecule has 1 aliphatic rings. The van der Waals surface area contributed by atoms with Gasteiger partial charge in [0.05, 0.1) is 10.5 Å². The normalized spacial score (nSPS) is 14.3. The van der Waals surface area contributed by atoms with E-state index in [4.69, 9.17) is 4.74 Å². The summed E-state index contributed by atoms with van der Waals surface area (Å²) in [6.07, 6.45) is 3.77. The minimum atomic E-state index is -3.93. The maximum absolute atomic E-state index is 12.6. The summed E-state index contributed by atoms with van der Waals surface area (Å²) in [5.74, 6) is -1.83. The van der Waals surface area contributed by atoms with Gasteiger partial charge in [-0.15, -0.1) is 11.3 Å². The number of benzene rings is 1. The van der Waals surface area contributed by atoms with Gasteiger partial charge in [-0.3, -0.25) is 9.59 Å². The third kappa shape index (κ3) is 5.54. The Morgan fingerprint density at radius 1 is 1.19 bits per heavy atom. The molecule has 1 aromatic carbocycles. The fraction of sp³-hybridized carbons (Fsp3) is 0.409. The summed E-state index contributed by atoms with van der Waals surface area (Å²) in [6.45, 7) is 2.77. The summed E-state index contributed by atoms with van der Waals surface area (Å²) in [5.41, 5.74) is 1.46. The fourth-order valence-corrected chi connectivity index (χ4v) is 6.06. The molecule has 0 radical (unpaired) electrons. The van der Waals surface area contributed by atoms with Gasteiger partial charge in [-0.05, 0) is 49.3 Å². The maximum atomic E-state index is 12.6. The molecular weight excluding hydrogens is 450 g/mol. The number of thiophene rings is 1. The first-order valence-corrected chi connectivity index (χ1v) is 12.6. The number of ether oxygens (including phenoxy) is 1. The van der Waals surface area contributed by atoms with Gasteiger partial charge in [0.25, 0.3) is 5.91 Å². The van der Waals surface area contributed by atoms with E-state index in [-0.39, 0.29) is 4.90 Å². The molecule has 170 valence electrons. The van der Waals surface area contributed by atoms with Crippen LogP contribution in [0.5, 0.6) is 0 Å². The Morgan fingerprint density at radius 2 is 1.88 bits per heavy atom. The van der Waals surface area contributed by atoms with Crippen molar-refractivity contribution < 1.29 is 22.7 Å². The first-order valence-electron chi connectivity index (χ1n) is 10.3. The fourth-order valence-electron chi connectivity index (χ4n) is 3.45. The van der Waals surface area contributed by atoms with Gasteiger partial charge in [-0.1, -0.05) is 32.0 Å². The summed E-state index contributed by atoms with van der Waals surface area (Å²) in [4.78, 5) is 26.1. The lowest BCUT2D eigenvalue weighted by Crippen LogP contribution is -2.45. The molecular formula is C22H25N3O5S2. The van der Waals surface area contributed by atoms with Gasteiger partial charge in [-0.2, -0.15) is 9.98 Å². The average molecular weight is 476 g/mol. The third-order valence-electron chi connectivity index (χ3n) is 5.14. The predicted octanol–water partition coefficient (Wildman–Crippen LogP) is 2.98. The Kier molecular flexibility index (Phi) is 7.66. The topological polar surface area (TPSA) is 125 Å². The van der Waals surface area contributed by atoms with Crippen molar-refractivity contribution in [3.8, 4) is 6.07 Å². The van der Waals surface area contributed by atoms with Crippen LogP contribution in [0.1, 0.15) is 42.7 Å². The number of nitrogens with zero attached hydrogens (tertiary/aromatic N) is 1. The molecule has 8 nitrogen and oxygen atoms in total. The molecule has 0 saturated carbocycles. The molecule has 0 spiro atoms. The predicted molar refractivity (Wildman–Crippen MR) is 121 cm³/mol. The number of nitriles is 1. The van der Waals surface area contributed by atoms with Gasteiger partial charge < -0.3 is 10.1 Å². The summed E-state index contributed by atoms with van der Waals surface area (Å²) in [6, 6.07) is 8.70. The second kappa shape index (κ2) is 10.3. The van der Waals surface area contributed by atoms with Crippen molar-refractivity contribution in [2.24, 2.45) is 5.92 Å². The minimum absolute atomic E-state index is 0.0295. The Balaban J connectivity index is 1.63. The molecule has 0 aliphatic heterocycles. The molecule has 10 heteroatoms. The summed E-state index contributed by atoms with van der Waals surface area (Å²) >= 11 is 1.38. The van der Waals surface area contributed by atoms with Gasteiger partial charge >= 0.3 is 5.97 Å². The minimum Gasteiger partial charge on any atom is -0.454 e. The van der Waals surface area contributed by atoms with E-state index in [0.717, 1.165) is 36.1 Å². The number of nitrogens with one attached hydrogen (secondary N) is 2. The van der Waals surface area contributed by atoms with E-state index in [2.05, 4.69) is 16.1 Å². The molecule has 32 heavy (non-hydrogen) atoms. The molecule has 0 fully saturated rings. The molecule has 1 aromatic heterocycles. The molecule has 2 N–H and O–H groups in total. The number of anilines is 1. The highest BCUT2D eigenvalue weighted by atomic mass is 32.2. The molecule has 1 amide bonds. The number of carbonyl (C=O) groups is 2. The number of fused-ring (bicyclic) bond motifs is 1. The first-order chi connectivity index (χ1) is 15.2. The van der Waals surface area contributed by atoms with Gasteiger partial charge in [-0.25, -0.2) is 8.42 Å². The van der Waals surface area contributed by atoms with Crippen LogP contribution in [0.25, 0.3) is 0 Å². The number of hydrogen-bond acceptors (Lipinski definition) is 7. The Bertz CT molecular complexity index is 1130. The number of rotatable bonds is 8. The first kappa shape index (κ1) is 23.9. The molecule has 3 rings (SSSR count).